The van der Waals surface area contributed by atoms with Crippen molar-refractivity contribution in [3.63, 3.8) is 0 Å². The Morgan fingerprint density at radius 2 is 1.88 bits per heavy atom. The second-order valence-corrected chi connectivity index (χ2v) is 7.02. The average molecular weight is 444 g/mol. The molecule has 1 N–H and O–H groups in total. The van der Waals surface area contributed by atoms with Crippen LogP contribution in [0.25, 0.3) is 0 Å². The molecule has 32 heavy (non-hydrogen) atoms. The second-order valence-electron chi connectivity index (χ2n) is 7.02. The minimum absolute atomic E-state index is 0.0626. The first-order valence-electron chi connectivity index (χ1n) is 9.39. The van der Waals surface area contributed by atoms with E-state index in [1.54, 1.807) is 19.9 Å². The van der Waals surface area contributed by atoms with Crippen molar-refractivity contribution in [3.8, 4) is 0 Å². The Balaban J connectivity index is 2.05. The lowest BCUT2D eigenvalue weighted by atomic mass is 9.80. The first-order chi connectivity index (χ1) is 15.1. The molecule has 0 saturated heterocycles. The summed E-state index contributed by atoms with van der Waals surface area (Å²) in [7, 11) is 1.20. The summed E-state index contributed by atoms with van der Waals surface area (Å²) in [4.78, 5) is 36.6. The zero-order chi connectivity index (χ0) is 23.6. The molecule has 1 aliphatic rings. The van der Waals surface area contributed by atoms with Crippen molar-refractivity contribution >= 4 is 17.6 Å². The van der Waals surface area contributed by atoms with E-state index in [1.807, 2.05) is 0 Å². The minimum atomic E-state index is -0.987. The molecule has 0 radical (unpaired) electrons. The summed E-state index contributed by atoms with van der Waals surface area (Å²) in [5, 5.41) is 29.2. The Morgan fingerprint density at radius 3 is 2.44 bits per heavy atom. The van der Waals surface area contributed by atoms with Gasteiger partial charge in [-0.3, -0.25) is 14.7 Å². The van der Waals surface area contributed by atoms with Gasteiger partial charge in [-0.15, -0.1) is 0 Å². The normalized spacial score (nSPS) is 15.9. The van der Waals surface area contributed by atoms with Crippen molar-refractivity contribution in [3.05, 3.63) is 79.1 Å². The van der Waals surface area contributed by atoms with Crippen LogP contribution in [0.3, 0.4) is 0 Å². The van der Waals surface area contributed by atoms with Crippen molar-refractivity contribution < 1.29 is 33.5 Å². The van der Waals surface area contributed by atoms with Crippen molar-refractivity contribution in [2.75, 3.05) is 7.11 Å². The highest BCUT2D eigenvalue weighted by Crippen LogP contribution is 2.40. The van der Waals surface area contributed by atoms with Crippen molar-refractivity contribution in [1.29, 1.82) is 0 Å². The van der Waals surface area contributed by atoms with Gasteiger partial charge >= 0.3 is 11.9 Å². The van der Waals surface area contributed by atoms with Crippen LogP contribution in [-0.4, -0.2) is 29.1 Å². The van der Waals surface area contributed by atoms with Gasteiger partial charge in [-0.25, -0.2) is 9.59 Å². The zero-order valence-electron chi connectivity index (χ0n) is 17.7. The number of methoxy groups -OCH3 is 1. The fourth-order valence-electron chi connectivity index (χ4n) is 3.46. The van der Waals surface area contributed by atoms with Crippen molar-refractivity contribution in [2.24, 2.45) is 0 Å². The number of nitro groups is 1. The third-order valence-electron chi connectivity index (χ3n) is 5.06. The van der Waals surface area contributed by atoms with Gasteiger partial charge in [-0.1, -0.05) is 12.1 Å². The van der Waals surface area contributed by atoms with Crippen molar-refractivity contribution in [2.45, 2.75) is 33.3 Å². The molecular formula is C20H20N4O8. The first kappa shape index (κ1) is 22.5. The molecule has 0 amide bonds. The number of nitrogens with zero attached hydrogens (tertiary/aromatic N) is 3. The maximum Gasteiger partial charge on any atom is 0.337 e. The molecule has 1 aromatic heterocycles. The summed E-state index contributed by atoms with van der Waals surface area (Å²) in [5.41, 5.74) is 1.39. The van der Waals surface area contributed by atoms with Gasteiger partial charge in [0.05, 0.1) is 29.1 Å². The van der Waals surface area contributed by atoms with Gasteiger partial charge in [-0.2, -0.15) is 0 Å². The fourth-order valence-corrected chi connectivity index (χ4v) is 3.46. The van der Waals surface area contributed by atoms with Crippen LogP contribution in [0.1, 0.15) is 36.7 Å². The molecule has 1 aromatic carbocycles. The molecule has 3 rings (SSSR count). The quantitative estimate of drug-likeness (QED) is 0.300. The number of allylic oxidation sites excluding steroid dienone is 2. The molecule has 1 aliphatic heterocycles. The molecule has 0 fully saturated rings. The van der Waals surface area contributed by atoms with Crippen LogP contribution in [0.4, 0.5) is 5.69 Å². The number of hydrogen-bond acceptors (Lipinski definition) is 10. The lowest BCUT2D eigenvalue weighted by molar-refractivity contribution is -0.806. The third-order valence-corrected chi connectivity index (χ3v) is 5.06. The Labute approximate surface area is 181 Å². The van der Waals surface area contributed by atoms with Gasteiger partial charge in [0, 0.05) is 35.6 Å². The van der Waals surface area contributed by atoms with Gasteiger partial charge in [-0.05, 0) is 24.3 Å². The molecular weight excluding hydrogens is 424 g/mol. The molecule has 2 heterocycles. The van der Waals surface area contributed by atoms with E-state index in [0.29, 0.717) is 17.0 Å². The highest BCUT2D eigenvalue weighted by Gasteiger charge is 2.38. The summed E-state index contributed by atoms with van der Waals surface area (Å²) in [6, 6.07) is 5.62. The van der Waals surface area contributed by atoms with Crippen LogP contribution in [-0.2, 0) is 25.7 Å². The smallest absolute Gasteiger partial charge is 0.337 e. The predicted molar refractivity (Wildman–Crippen MR) is 106 cm³/mol. The maximum atomic E-state index is 13.1. The number of nitrogens with one attached hydrogen (secondary N) is 1. The standard InChI is InChI=1S/C20H20N4O8/c1-10-16(19(25)30-4)18(13-6-5-7-14(8-13)23(27)28)17(11(2)21-10)20(26)31-9-15-12(3)24(29)32-22-15/h5-8,18,21H,9H2,1-4H3. The Kier molecular flexibility index (Phi) is 6.23. The topological polar surface area (TPSA) is 161 Å². The number of carbonyl (C=O) groups is 2. The van der Waals surface area contributed by atoms with Gasteiger partial charge in [0.25, 0.3) is 11.4 Å². The lowest BCUT2D eigenvalue weighted by Crippen LogP contribution is -2.32. The van der Waals surface area contributed by atoms with Gasteiger partial charge in [0.1, 0.15) is 0 Å². The second kappa shape index (κ2) is 8.88. The average Bonchev–Trinajstić information content (AvgIpc) is 3.08. The summed E-state index contributed by atoms with van der Waals surface area (Å²) in [6.07, 6.45) is 0. The number of dihydropyridines is 1. The molecule has 12 nitrogen and oxygen atoms in total. The minimum Gasteiger partial charge on any atom is -0.466 e. The van der Waals surface area contributed by atoms with Crippen LogP contribution >= 0.6 is 0 Å². The summed E-state index contributed by atoms with van der Waals surface area (Å²) < 4.78 is 14.7. The zero-order valence-corrected chi connectivity index (χ0v) is 17.7. The molecule has 1 atom stereocenters. The van der Waals surface area contributed by atoms with E-state index in [2.05, 4.69) is 15.1 Å². The number of nitro benzene ring substituents is 1. The third kappa shape index (κ3) is 4.15. The van der Waals surface area contributed by atoms with Gasteiger partial charge in [0.2, 0.25) is 0 Å². The number of hydrogen-bond donors (Lipinski definition) is 1. The fraction of sp³-hybridized carbons (Fsp3) is 0.300. The Morgan fingerprint density at radius 1 is 1.22 bits per heavy atom. The van der Waals surface area contributed by atoms with Crippen LogP contribution in [0.2, 0.25) is 0 Å². The molecule has 0 bridgehead atoms. The maximum absolute atomic E-state index is 13.1. The number of esters is 2. The van der Waals surface area contributed by atoms with E-state index in [9.17, 15) is 24.9 Å². The summed E-state index contributed by atoms with van der Waals surface area (Å²) in [5.74, 6) is -2.50. The largest absolute Gasteiger partial charge is 0.466 e. The SMILES string of the molecule is COC(=O)C1=C(C)NC(C)=C(C(=O)OCc2no[n+]([O-])c2C)C1c1cccc([N+](=O)[O-])c1. The van der Waals surface area contributed by atoms with Crippen LogP contribution < -0.4 is 10.2 Å². The highest BCUT2D eigenvalue weighted by molar-refractivity contribution is 5.99. The van der Waals surface area contributed by atoms with Gasteiger partial charge < -0.3 is 20.0 Å². The van der Waals surface area contributed by atoms with Crippen molar-refractivity contribution in [1.82, 2.24) is 10.5 Å². The molecule has 2 aromatic rings. The molecule has 168 valence electrons. The summed E-state index contributed by atoms with van der Waals surface area (Å²) in [6.45, 7) is 4.35. The first-order valence-corrected chi connectivity index (χ1v) is 9.39. The van der Waals surface area contributed by atoms with Crippen LogP contribution in [0, 0.1) is 22.2 Å². The van der Waals surface area contributed by atoms with E-state index < -0.39 is 22.8 Å². The van der Waals surface area contributed by atoms with E-state index in [-0.39, 0.29) is 39.7 Å². The number of rotatable bonds is 6. The number of benzene rings is 1. The lowest BCUT2D eigenvalue weighted by Gasteiger charge is -2.30. The molecule has 12 heteroatoms. The number of carbonyl (C=O) groups excluding carboxylic acids is 2. The van der Waals surface area contributed by atoms with E-state index in [4.69, 9.17) is 9.47 Å². The van der Waals surface area contributed by atoms with Crippen LogP contribution in [0.15, 0.2) is 51.4 Å². The Bertz CT molecular complexity index is 1160. The molecule has 0 spiro atoms. The molecule has 1 unspecified atom stereocenters. The summed E-state index contributed by atoms with van der Waals surface area (Å²) >= 11 is 0. The number of aromatic nitrogens is 2. The van der Waals surface area contributed by atoms with E-state index >= 15 is 0 Å². The number of non-ortho nitro benzene ring substituents is 1. The van der Waals surface area contributed by atoms with Crippen LogP contribution in [0.5, 0.6) is 0 Å². The van der Waals surface area contributed by atoms with E-state index in [0.717, 1.165) is 0 Å². The molecule has 0 saturated carbocycles. The molecule has 0 aliphatic carbocycles. The monoisotopic (exact) mass is 444 g/mol. The highest BCUT2D eigenvalue weighted by atomic mass is 16.8. The van der Waals surface area contributed by atoms with E-state index in [1.165, 1.54) is 32.2 Å². The van der Waals surface area contributed by atoms with Gasteiger partial charge in [0.15, 0.2) is 12.3 Å². The number of ether oxygens (including phenoxy) is 2. The Hall–Kier alpha value is -4.22. The predicted octanol–water partition coefficient (Wildman–Crippen LogP) is 1.68.